The van der Waals surface area contributed by atoms with Crippen LogP contribution in [0.1, 0.15) is 11.7 Å². The van der Waals surface area contributed by atoms with Crippen LogP contribution in [0.3, 0.4) is 0 Å². The Bertz CT molecular complexity index is 1140. The number of aromatic nitrogens is 1. The fourth-order valence-corrected chi connectivity index (χ4v) is 5.98. The van der Waals surface area contributed by atoms with Gasteiger partial charge in [0.15, 0.2) is 0 Å². The normalized spacial score (nSPS) is 26.3. The molecule has 0 spiro atoms. The fourth-order valence-electron chi connectivity index (χ4n) is 4.64. The maximum atomic E-state index is 13.2. The number of halogens is 1. The summed E-state index contributed by atoms with van der Waals surface area (Å²) in [5.74, 6) is -3.16. The van der Waals surface area contributed by atoms with E-state index in [2.05, 4.69) is 0 Å². The first kappa shape index (κ1) is 19.7. The number of carboxylic acids is 1. The molecule has 1 fully saturated rings. The van der Waals surface area contributed by atoms with Gasteiger partial charge in [0, 0.05) is 36.2 Å². The first-order chi connectivity index (χ1) is 13.6. The zero-order valence-corrected chi connectivity index (χ0v) is 16.2. The van der Waals surface area contributed by atoms with Gasteiger partial charge in [0.1, 0.15) is 11.9 Å². The highest BCUT2D eigenvalue weighted by molar-refractivity contribution is 7.88. The van der Waals surface area contributed by atoms with Crippen molar-refractivity contribution in [3.05, 3.63) is 58.3 Å². The van der Waals surface area contributed by atoms with Crippen LogP contribution in [0, 0.1) is 17.7 Å². The molecular weight excluding hydrogens is 403 g/mol. The highest BCUT2D eigenvalue weighted by Gasteiger charge is 2.59. The molecule has 1 aromatic carbocycles. The monoisotopic (exact) mass is 422 g/mol. The summed E-state index contributed by atoms with van der Waals surface area (Å²) in [4.78, 5) is 24.9. The van der Waals surface area contributed by atoms with Crippen molar-refractivity contribution in [3.63, 3.8) is 0 Å². The van der Waals surface area contributed by atoms with Crippen molar-refractivity contribution >= 4 is 16.0 Å². The van der Waals surface area contributed by atoms with Crippen LogP contribution in [0.15, 0.2) is 41.2 Å². The highest BCUT2D eigenvalue weighted by Crippen LogP contribution is 2.50. The summed E-state index contributed by atoms with van der Waals surface area (Å²) >= 11 is 0. The molecule has 4 atom stereocenters. The quantitative estimate of drug-likeness (QED) is 0.748. The second-order valence-corrected chi connectivity index (χ2v) is 9.31. The van der Waals surface area contributed by atoms with Gasteiger partial charge in [-0.05, 0) is 29.8 Å². The van der Waals surface area contributed by atoms with E-state index in [1.165, 1.54) is 34.9 Å². The van der Waals surface area contributed by atoms with Crippen LogP contribution in [0.25, 0.3) is 11.1 Å². The molecule has 29 heavy (non-hydrogen) atoms. The van der Waals surface area contributed by atoms with Crippen LogP contribution in [-0.2, 0) is 21.4 Å². The van der Waals surface area contributed by atoms with Crippen LogP contribution in [0.5, 0.6) is 0 Å². The molecule has 1 aromatic heterocycles. The standard InChI is InChI=1S/C19H19FN2O6S/c1-29(27,28)22-16-13(14(9-23)17(22)19(25)26)8-21-15(16)7-6-12(18(21)24)10-2-4-11(20)5-3-10/h2-7,13-14,16-17,23H,8-9H2,1H3,(H,25,26)/t13-,14-,16+,17-/m0/s1. The summed E-state index contributed by atoms with van der Waals surface area (Å²) in [5, 5.41) is 19.4. The molecule has 2 aliphatic rings. The maximum Gasteiger partial charge on any atom is 0.322 e. The van der Waals surface area contributed by atoms with Crippen molar-refractivity contribution in [2.45, 2.75) is 18.6 Å². The summed E-state index contributed by atoms with van der Waals surface area (Å²) in [6.45, 7) is -0.424. The predicted octanol–water partition coefficient (Wildman–Crippen LogP) is 0.662. The number of aliphatic hydroxyl groups is 1. The molecule has 8 nitrogen and oxygen atoms in total. The molecule has 154 valence electrons. The van der Waals surface area contributed by atoms with Gasteiger partial charge in [-0.15, -0.1) is 0 Å². The number of nitrogens with zero attached hydrogens (tertiary/aromatic N) is 2. The number of carbonyl (C=O) groups is 1. The largest absolute Gasteiger partial charge is 0.480 e. The molecule has 0 saturated carbocycles. The smallest absolute Gasteiger partial charge is 0.322 e. The first-order valence-electron chi connectivity index (χ1n) is 8.97. The van der Waals surface area contributed by atoms with Gasteiger partial charge in [-0.25, -0.2) is 12.8 Å². The number of hydrogen-bond acceptors (Lipinski definition) is 5. The Labute approximate surface area is 165 Å². The molecule has 0 radical (unpaired) electrons. The van der Waals surface area contributed by atoms with Crippen LogP contribution < -0.4 is 5.56 Å². The van der Waals surface area contributed by atoms with Gasteiger partial charge in [-0.3, -0.25) is 9.59 Å². The van der Waals surface area contributed by atoms with Crippen molar-refractivity contribution in [2.75, 3.05) is 12.9 Å². The minimum absolute atomic E-state index is 0.0922. The second kappa shape index (κ2) is 6.75. The number of fused-ring (bicyclic) bond motifs is 3. The lowest BCUT2D eigenvalue weighted by atomic mass is 9.88. The molecule has 0 aliphatic carbocycles. The molecule has 2 N–H and O–H groups in total. The molecule has 0 amide bonds. The SMILES string of the molecule is CS(=O)(=O)N1[C@H](C(=O)O)[C@@H](CO)[C@@H]2Cn3c(ccc(-c4ccc(F)cc4)c3=O)[C@@H]21. The lowest BCUT2D eigenvalue weighted by molar-refractivity contribution is -0.142. The Morgan fingerprint density at radius 2 is 1.86 bits per heavy atom. The number of aliphatic hydroxyl groups excluding tert-OH is 1. The molecule has 2 aromatic rings. The van der Waals surface area contributed by atoms with Gasteiger partial charge >= 0.3 is 5.97 Å². The van der Waals surface area contributed by atoms with E-state index < -0.39 is 52.3 Å². The van der Waals surface area contributed by atoms with Crippen LogP contribution >= 0.6 is 0 Å². The summed E-state index contributed by atoms with van der Waals surface area (Å²) in [7, 11) is -3.93. The molecule has 0 bridgehead atoms. The summed E-state index contributed by atoms with van der Waals surface area (Å²) in [6, 6.07) is 6.33. The Morgan fingerprint density at radius 3 is 2.41 bits per heavy atom. The van der Waals surface area contributed by atoms with Gasteiger partial charge in [0.2, 0.25) is 10.0 Å². The lowest BCUT2D eigenvalue weighted by Crippen LogP contribution is -2.45. The maximum absolute atomic E-state index is 13.2. The third-order valence-electron chi connectivity index (χ3n) is 5.82. The molecule has 3 heterocycles. The third kappa shape index (κ3) is 2.98. The number of rotatable bonds is 4. The number of hydrogen-bond donors (Lipinski definition) is 2. The summed E-state index contributed by atoms with van der Waals surface area (Å²) < 4.78 is 40.4. The minimum Gasteiger partial charge on any atom is -0.480 e. The highest BCUT2D eigenvalue weighted by atomic mass is 32.2. The van der Waals surface area contributed by atoms with Gasteiger partial charge < -0.3 is 14.8 Å². The lowest BCUT2D eigenvalue weighted by Gasteiger charge is -2.26. The second-order valence-electron chi connectivity index (χ2n) is 7.43. The van der Waals surface area contributed by atoms with E-state index in [0.29, 0.717) is 16.8 Å². The number of pyridine rings is 1. The van der Waals surface area contributed by atoms with Crippen molar-refractivity contribution in [2.24, 2.45) is 11.8 Å². The molecule has 1 saturated heterocycles. The van der Waals surface area contributed by atoms with Crippen molar-refractivity contribution in [1.29, 1.82) is 0 Å². The molecular formula is C19H19FN2O6S. The fraction of sp³-hybridized carbons (Fsp3) is 0.368. The van der Waals surface area contributed by atoms with Crippen LogP contribution in [-0.4, -0.2) is 52.4 Å². The molecule has 2 aliphatic heterocycles. The average Bonchev–Trinajstić information content (AvgIpc) is 3.17. The van der Waals surface area contributed by atoms with Gasteiger partial charge in [0.05, 0.1) is 12.3 Å². The first-order valence-corrected chi connectivity index (χ1v) is 10.8. The van der Waals surface area contributed by atoms with E-state index in [-0.39, 0.29) is 12.1 Å². The molecule has 0 unspecified atom stereocenters. The zero-order chi connectivity index (χ0) is 21.1. The Hall–Kier alpha value is -2.56. The van der Waals surface area contributed by atoms with E-state index in [4.69, 9.17) is 0 Å². The van der Waals surface area contributed by atoms with E-state index in [9.17, 15) is 32.6 Å². The van der Waals surface area contributed by atoms with E-state index in [1.54, 1.807) is 6.07 Å². The average molecular weight is 422 g/mol. The topological polar surface area (TPSA) is 117 Å². The van der Waals surface area contributed by atoms with Gasteiger partial charge in [-0.2, -0.15) is 4.31 Å². The Balaban J connectivity index is 1.86. The molecule has 4 rings (SSSR count). The number of aliphatic carboxylic acids is 1. The minimum atomic E-state index is -3.93. The van der Waals surface area contributed by atoms with Gasteiger partial charge in [-0.1, -0.05) is 12.1 Å². The van der Waals surface area contributed by atoms with Crippen molar-refractivity contribution in [1.82, 2.24) is 8.87 Å². The Morgan fingerprint density at radius 1 is 1.21 bits per heavy atom. The van der Waals surface area contributed by atoms with E-state index in [1.807, 2.05) is 0 Å². The van der Waals surface area contributed by atoms with Crippen LogP contribution in [0.4, 0.5) is 4.39 Å². The molecule has 10 heteroatoms. The van der Waals surface area contributed by atoms with E-state index >= 15 is 0 Å². The number of sulfonamides is 1. The Kier molecular flexibility index (Phi) is 4.60. The van der Waals surface area contributed by atoms with Crippen molar-refractivity contribution in [3.8, 4) is 11.1 Å². The third-order valence-corrected chi connectivity index (χ3v) is 7.04. The van der Waals surface area contributed by atoms with Crippen molar-refractivity contribution < 1.29 is 27.8 Å². The summed E-state index contributed by atoms with van der Waals surface area (Å²) in [6.07, 6.45) is 0.924. The zero-order valence-electron chi connectivity index (χ0n) is 15.4. The van der Waals surface area contributed by atoms with Gasteiger partial charge in [0.25, 0.3) is 5.56 Å². The summed E-state index contributed by atoms with van der Waals surface area (Å²) in [5.41, 5.74) is 0.861. The predicted molar refractivity (Wildman–Crippen MR) is 101 cm³/mol. The van der Waals surface area contributed by atoms with E-state index in [0.717, 1.165) is 10.6 Å². The van der Waals surface area contributed by atoms with Crippen LogP contribution in [0.2, 0.25) is 0 Å². The number of carboxylic acid groups (broad SMARTS) is 1. The number of benzene rings is 1.